The van der Waals surface area contributed by atoms with E-state index in [1.165, 1.54) is 4.68 Å². The summed E-state index contributed by atoms with van der Waals surface area (Å²) < 4.78 is 1.93. The minimum absolute atomic E-state index is 0.0396. The second-order valence-corrected chi connectivity index (χ2v) is 5.35. The molecule has 0 saturated carbocycles. The Hall–Kier alpha value is -1.92. The Morgan fingerprint density at radius 2 is 2.10 bits per heavy atom. The zero-order valence-corrected chi connectivity index (χ0v) is 12.1. The number of aryl methyl sites for hydroxylation is 1. The molecule has 0 saturated heterocycles. The number of aromatic carboxylic acids is 1. The van der Waals surface area contributed by atoms with Crippen molar-refractivity contribution in [3.8, 4) is 0 Å². The SMILES string of the molecule is Cn1nc(C(=O)O)c(Br)c1C1=CC(O)c2ccccc21. The molecule has 1 aromatic heterocycles. The number of aromatic nitrogens is 2. The van der Waals surface area contributed by atoms with E-state index >= 15 is 0 Å². The Labute approximate surface area is 123 Å². The fraction of sp³-hybridized carbons (Fsp3) is 0.143. The van der Waals surface area contributed by atoms with Crippen molar-refractivity contribution in [3.63, 3.8) is 0 Å². The lowest BCUT2D eigenvalue weighted by atomic mass is 10.0. The molecule has 102 valence electrons. The van der Waals surface area contributed by atoms with Crippen LogP contribution >= 0.6 is 15.9 Å². The molecule has 0 radical (unpaired) electrons. The van der Waals surface area contributed by atoms with Crippen molar-refractivity contribution in [2.24, 2.45) is 7.05 Å². The summed E-state index contributed by atoms with van der Waals surface area (Å²) in [6, 6.07) is 7.50. The quantitative estimate of drug-likeness (QED) is 0.883. The first-order valence-electron chi connectivity index (χ1n) is 5.96. The number of carboxylic acid groups (broad SMARTS) is 1. The molecule has 1 atom stereocenters. The van der Waals surface area contributed by atoms with Gasteiger partial charge in [0.15, 0.2) is 5.69 Å². The van der Waals surface area contributed by atoms with E-state index in [1.807, 2.05) is 24.3 Å². The van der Waals surface area contributed by atoms with Crippen molar-refractivity contribution in [1.29, 1.82) is 0 Å². The number of aliphatic hydroxyl groups excluding tert-OH is 1. The Balaban J connectivity index is 2.21. The molecular formula is C14H11BrN2O3. The molecule has 5 nitrogen and oxygen atoms in total. The van der Waals surface area contributed by atoms with Crippen LogP contribution in [0.1, 0.15) is 33.4 Å². The van der Waals surface area contributed by atoms with Gasteiger partial charge in [-0.2, -0.15) is 5.10 Å². The summed E-state index contributed by atoms with van der Waals surface area (Å²) in [7, 11) is 1.68. The van der Waals surface area contributed by atoms with Crippen molar-refractivity contribution in [3.05, 3.63) is 57.3 Å². The first-order valence-corrected chi connectivity index (χ1v) is 6.75. The first kappa shape index (κ1) is 13.1. The summed E-state index contributed by atoms with van der Waals surface area (Å²) in [6.45, 7) is 0. The van der Waals surface area contributed by atoms with E-state index in [-0.39, 0.29) is 5.69 Å². The van der Waals surface area contributed by atoms with E-state index in [0.717, 1.165) is 16.7 Å². The van der Waals surface area contributed by atoms with Gasteiger partial charge in [0, 0.05) is 12.6 Å². The standard InChI is InChI=1S/C14H11BrN2O3/c1-17-13(11(15)12(16-17)14(19)20)9-6-10(18)8-5-3-2-4-7(8)9/h2-6,10,18H,1H3,(H,19,20). The number of halogens is 1. The average molecular weight is 335 g/mol. The van der Waals surface area contributed by atoms with E-state index in [4.69, 9.17) is 5.11 Å². The van der Waals surface area contributed by atoms with Crippen LogP contribution in [0, 0.1) is 0 Å². The van der Waals surface area contributed by atoms with Crippen LogP contribution in [-0.2, 0) is 7.05 Å². The smallest absolute Gasteiger partial charge is 0.357 e. The van der Waals surface area contributed by atoms with Gasteiger partial charge in [-0.15, -0.1) is 0 Å². The van der Waals surface area contributed by atoms with E-state index in [9.17, 15) is 9.90 Å². The van der Waals surface area contributed by atoms with E-state index in [0.29, 0.717) is 10.2 Å². The zero-order valence-electron chi connectivity index (χ0n) is 10.5. The number of carbonyl (C=O) groups is 1. The highest BCUT2D eigenvalue weighted by molar-refractivity contribution is 9.10. The predicted molar refractivity (Wildman–Crippen MR) is 76.3 cm³/mol. The van der Waals surface area contributed by atoms with Gasteiger partial charge in [-0.1, -0.05) is 24.3 Å². The highest BCUT2D eigenvalue weighted by Gasteiger charge is 2.28. The lowest BCUT2D eigenvalue weighted by Gasteiger charge is -2.07. The molecule has 6 heteroatoms. The highest BCUT2D eigenvalue weighted by atomic mass is 79.9. The van der Waals surface area contributed by atoms with Crippen LogP contribution in [0.25, 0.3) is 5.57 Å². The molecule has 3 rings (SSSR count). The van der Waals surface area contributed by atoms with Gasteiger partial charge >= 0.3 is 5.97 Å². The van der Waals surface area contributed by atoms with E-state index < -0.39 is 12.1 Å². The van der Waals surface area contributed by atoms with Crippen LogP contribution in [0.2, 0.25) is 0 Å². The number of nitrogens with zero attached hydrogens (tertiary/aromatic N) is 2. The van der Waals surface area contributed by atoms with Crippen LogP contribution in [0.4, 0.5) is 0 Å². The fourth-order valence-corrected chi connectivity index (χ4v) is 3.19. The minimum Gasteiger partial charge on any atom is -0.476 e. The number of hydrogen-bond acceptors (Lipinski definition) is 3. The third-order valence-electron chi connectivity index (χ3n) is 3.34. The molecule has 1 aromatic carbocycles. The summed E-state index contributed by atoms with van der Waals surface area (Å²) in [5.74, 6) is -1.09. The van der Waals surface area contributed by atoms with Crippen LogP contribution < -0.4 is 0 Å². The van der Waals surface area contributed by atoms with Crippen LogP contribution in [0.5, 0.6) is 0 Å². The number of rotatable bonds is 2. The maximum absolute atomic E-state index is 11.1. The summed E-state index contributed by atoms with van der Waals surface area (Å²) in [5, 5.41) is 23.2. The predicted octanol–water partition coefficient (Wildman–Crippen LogP) is 2.36. The van der Waals surface area contributed by atoms with Crippen LogP contribution in [0.15, 0.2) is 34.8 Å². The summed E-state index contributed by atoms with van der Waals surface area (Å²) in [6.07, 6.45) is 1.02. The maximum atomic E-state index is 11.1. The Kier molecular flexibility index (Phi) is 2.99. The van der Waals surface area contributed by atoms with Gasteiger partial charge in [-0.05, 0) is 33.1 Å². The lowest BCUT2D eigenvalue weighted by Crippen LogP contribution is -2.00. The summed E-state index contributed by atoms with van der Waals surface area (Å²) in [4.78, 5) is 11.1. The van der Waals surface area contributed by atoms with Crippen LogP contribution in [0.3, 0.4) is 0 Å². The first-order chi connectivity index (χ1) is 9.50. The third-order valence-corrected chi connectivity index (χ3v) is 4.09. The second kappa shape index (κ2) is 4.57. The van der Waals surface area contributed by atoms with Crippen molar-refractivity contribution in [2.75, 3.05) is 0 Å². The molecule has 20 heavy (non-hydrogen) atoms. The molecule has 0 fully saturated rings. The molecule has 0 spiro atoms. The molecule has 1 aliphatic carbocycles. The van der Waals surface area contributed by atoms with Gasteiger partial charge in [0.05, 0.1) is 16.3 Å². The molecule has 2 aromatic rings. The van der Waals surface area contributed by atoms with E-state index in [1.54, 1.807) is 13.1 Å². The topological polar surface area (TPSA) is 75.4 Å². The molecular weight excluding hydrogens is 324 g/mol. The highest BCUT2D eigenvalue weighted by Crippen LogP contribution is 2.40. The van der Waals surface area contributed by atoms with Crippen molar-refractivity contribution in [2.45, 2.75) is 6.10 Å². The Morgan fingerprint density at radius 3 is 2.75 bits per heavy atom. The van der Waals surface area contributed by atoms with Crippen LogP contribution in [-0.4, -0.2) is 26.0 Å². The van der Waals surface area contributed by atoms with Gasteiger partial charge < -0.3 is 10.2 Å². The summed E-state index contributed by atoms with van der Waals surface area (Å²) in [5.41, 5.74) is 3.09. The monoisotopic (exact) mass is 334 g/mol. The van der Waals surface area contributed by atoms with E-state index in [2.05, 4.69) is 21.0 Å². The maximum Gasteiger partial charge on any atom is 0.357 e. The van der Waals surface area contributed by atoms with Gasteiger partial charge in [-0.25, -0.2) is 4.79 Å². The summed E-state index contributed by atoms with van der Waals surface area (Å²) >= 11 is 3.30. The zero-order chi connectivity index (χ0) is 14.4. The number of fused-ring (bicyclic) bond motifs is 1. The lowest BCUT2D eigenvalue weighted by molar-refractivity contribution is 0.0688. The number of benzene rings is 1. The van der Waals surface area contributed by atoms with Crippen molar-refractivity contribution in [1.82, 2.24) is 9.78 Å². The number of carboxylic acids is 1. The minimum atomic E-state index is -1.09. The fourth-order valence-electron chi connectivity index (χ4n) is 2.47. The Bertz CT molecular complexity index is 749. The Morgan fingerprint density at radius 1 is 1.40 bits per heavy atom. The second-order valence-electron chi connectivity index (χ2n) is 4.55. The molecule has 0 amide bonds. The molecule has 1 aliphatic rings. The largest absolute Gasteiger partial charge is 0.476 e. The molecule has 2 N–H and O–H groups in total. The number of hydrogen-bond donors (Lipinski definition) is 2. The van der Waals surface area contributed by atoms with Gasteiger partial charge in [0.1, 0.15) is 0 Å². The van der Waals surface area contributed by atoms with Gasteiger partial charge in [-0.3, -0.25) is 4.68 Å². The van der Waals surface area contributed by atoms with Gasteiger partial charge in [0.2, 0.25) is 0 Å². The third kappa shape index (κ3) is 1.80. The van der Waals surface area contributed by atoms with Crippen molar-refractivity contribution >= 4 is 27.5 Å². The van der Waals surface area contributed by atoms with Gasteiger partial charge in [0.25, 0.3) is 0 Å². The normalized spacial score (nSPS) is 16.9. The van der Waals surface area contributed by atoms with Crippen molar-refractivity contribution < 1.29 is 15.0 Å². The average Bonchev–Trinajstić information content (AvgIpc) is 2.88. The molecule has 1 heterocycles. The molecule has 0 bridgehead atoms. The molecule has 1 unspecified atom stereocenters. The molecule has 0 aliphatic heterocycles. The number of aliphatic hydroxyl groups is 1.